The zero-order chi connectivity index (χ0) is 13.6. The third kappa shape index (κ3) is 12.3. The highest BCUT2D eigenvalue weighted by Crippen LogP contribution is 1.92. The minimum absolute atomic E-state index is 0.760. The molecule has 0 aliphatic rings. The van der Waals surface area contributed by atoms with E-state index in [0.29, 0.717) is 0 Å². The van der Waals surface area contributed by atoms with E-state index in [-0.39, 0.29) is 0 Å². The number of nitrogens with zero attached hydrogens (tertiary/aromatic N) is 2. The topological polar surface area (TPSA) is 123 Å². The SMILES string of the molecule is C[O][Al][O][Al]([O]N=O)[O][Al][O][Al][O][Al]([CH3])[O]N=O. The van der Waals surface area contributed by atoms with Gasteiger partial charge in [0, 0.05) is 7.11 Å². The Morgan fingerprint density at radius 1 is 0.944 bits per heavy atom. The molecule has 0 aromatic heterocycles. The molecule has 18 heavy (non-hydrogen) atoms. The molecule has 0 heterocycles. The zero-order valence-corrected chi connectivity index (χ0v) is 15.2. The zero-order valence-electron chi connectivity index (χ0n) is 9.46. The van der Waals surface area contributed by atoms with Crippen molar-refractivity contribution in [2.45, 2.75) is 5.79 Å². The highest BCUT2D eigenvalue weighted by molar-refractivity contribution is 6.54. The van der Waals surface area contributed by atoms with E-state index < -0.39 is 77.6 Å². The van der Waals surface area contributed by atoms with Crippen LogP contribution in [0.5, 0.6) is 0 Å². The lowest BCUT2D eigenvalue weighted by Crippen LogP contribution is -2.31. The summed E-state index contributed by atoms with van der Waals surface area (Å²) in [7, 11) is 1.45. The van der Waals surface area contributed by atoms with Crippen molar-refractivity contribution >= 4 is 77.6 Å². The average Bonchev–Trinajstić information content (AvgIpc) is 2.35. The molecule has 16 heteroatoms. The summed E-state index contributed by atoms with van der Waals surface area (Å²) in [6.07, 6.45) is 0. The molecule has 0 rings (SSSR count). The molecule has 0 atom stereocenters. The summed E-state index contributed by atoms with van der Waals surface area (Å²) in [5.41, 5.74) is 0. The molecule has 0 saturated carbocycles. The van der Waals surface area contributed by atoms with Crippen LogP contribution in [0.4, 0.5) is 0 Å². The summed E-state index contributed by atoms with van der Waals surface area (Å²) in [4.78, 5) is 19.6. The van der Waals surface area contributed by atoms with Gasteiger partial charge in [-0.1, -0.05) is 0 Å². The lowest BCUT2D eigenvalue weighted by molar-refractivity contribution is 0.190. The molecule has 0 aliphatic carbocycles. The maximum atomic E-state index is 9.90. The van der Waals surface area contributed by atoms with Gasteiger partial charge in [-0.2, -0.15) is 0 Å². The maximum absolute atomic E-state index is 9.90. The van der Waals surface area contributed by atoms with Crippen LogP contribution in [0.15, 0.2) is 10.7 Å². The molecule has 0 amide bonds. The molecule has 93 valence electrons. The van der Waals surface area contributed by atoms with Gasteiger partial charge in [-0.05, 0) is 5.79 Å². The van der Waals surface area contributed by atoms with Crippen LogP contribution in [0.1, 0.15) is 0 Å². The van der Waals surface area contributed by atoms with Gasteiger partial charge < -0.3 is 22.9 Å². The van der Waals surface area contributed by atoms with Gasteiger partial charge in [-0.15, -0.1) is 9.81 Å². The molecule has 3 radical (unpaired) electrons. The van der Waals surface area contributed by atoms with Gasteiger partial charge in [0.2, 0.25) is 0 Å². The summed E-state index contributed by atoms with van der Waals surface area (Å²) in [6, 6.07) is 0. The van der Waals surface area contributed by atoms with Gasteiger partial charge in [0.05, 0.1) is 0 Å². The van der Waals surface area contributed by atoms with Crippen molar-refractivity contribution in [3.8, 4) is 0 Å². The highest BCUT2D eigenvalue weighted by atomic mass is 27.4. The first-order chi connectivity index (χ1) is 8.74. The molecule has 0 unspecified atom stereocenters. The van der Waals surface area contributed by atoms with Gasteiger partial charge >= 0.3 is 77.6 Å². The van der Waals surface area contributed by atoms with E-state index in [9.17, 15) is 9.81 Å². The molecule has 0 aromatic rings. The second kappa shape index (κ2) is 14.7. The smallest absolute Gasteiger partial charge is 0.605 e. The number of rotatable bonds is 13. The van der Waals surface area contributed by atoms with Crippen LogP contribution in [-0.4, -0.2) is 84.7 Å². The molecule has 0 bridgehead atoms. The Kier molecular flexibility index (Phi) is 15.7. The third-order valence-electron chi connectivity index (χ3n) is 1.11. The maximum Gasteiger partial charge on any atom is 0.965 e. The van der Waals surface area contributed by atoms with Crippen LogP contribution in [0.25, 0.3) is 0 Å². The lowest BCUT2D eigenvalue weighted by Gasteiger charge is -2.09. The van der Waals surface area contributed by atoms with Crippen LogP contribution in [0, 0.1) is 9.81 Å². The monoisotopic (exact) mass is 337 g/mol. The van der Waals surface area contributed by atoms with Crippen LogP contribution in [-0.2, 0) is 22.9 Å². The van der Waals surface area contributed by atoms with Crippen molar-refractivity contribution in [1.82, 2.24) is 0 Å². The summed E-state index contributed by atoms with van der Waals surface area (Å²) in [5, 5.41) is 4.48. The number of hydrogen-bond acceptors (Lipinski definition) is 11. The molecule has 0 aliphatic heterocycles. The number of hydrogen-bond donors (Lipinski definition) is 0. The van der Waals surface area contributed by atoms with E-state index in [0.717, 1.165) is 0 Å². The van der Waals surface area contributed by atoms with Gasteiger partial charge in [-0.3, -0.25) is 0 Å². The van der Waals surface area contributed by atoms with Gasteiger partial charge in [0.15, 0.2) is 0 Å². The molecule has 0 spiro atoms. The molecule has 0 saturated heterocycles. The summed E-state index contributed by atoms with van der Waals surface area (Å²) in [5.74, 6) is 1.62. The standard InChI is InChI=1S/CH3O.CH3.5Al.2HNO2.4O/c1-2;;;;;;;2*2-1-3;;;;/h1H3;1H3;;;;;;2*(H,2,3);;;;/q-1;;;;3*+1;;;;;;/p-2. The largest absolute Gasteiger partial charge is 0.965 e. The van der Waals surface area contributed by atoms with Crippen molar-refractivity contribution in [1.29, 1.82) is 0 Å². The van der Waals surface area contributed by atoms with Gasteiger partial charge in [0.25, 0.3) is 0 Å². The third-order valence-corrected chi connectivity index (χ3v) is 7.48. The van der Waals surface area contributed by atoms with E-state index >= 15 is 0 Å². The van der Waals surface area contributed by atoms with Crippen LogP contribution in [0.2, 0.25) is 5.79 Å². The van der Waals surface area contributed by atoms with Crippen molar-refractivity contribution in [2.24, 2.45) is 10.7 Å². The fraction of sp³-hybridized carbons (Fsp3) is 1.00. The highest BCUT2D eigenvalue weighted by Gasteiger charge is 2.35. The predicted octanol–water partition coefficient (Wildman–Crippen LogP) is -1.20. The van der Waals surface area contributed by atoms with Crippen LogP contribution in [0.3, 0.4) is 0 Å². The van der Waals surface area contributed by atoms with E-state index in [1.807, 2.05) is 0 Å². The lowest BCUT2D eigenvalue weighted by atomic mass is 11.8. The fourth-order valence-electron chi connectivity index (χ4n) is 0.514. The second-order valence-corrected chi connectivity index (χ2v) is 9.82. The van der Waals surface area contributed by atoms with Crippen molar-refractivity contribution < 1.29 is 22.9 Å². The molecule has 0 aromatic carbocycles. The fourth-order valence-corrected chi connectivity index (χ4v) is 5.78. The summed E-state index contributed by atoms with van der Waals surface area (Å²) < 4.78 is 33.5. The first-order valence-electron chi connectivity index (χ1n) is 4.31. The minimum Gasteiger partial charge on any atom is -0.605 e. The normalized spacial score (nSPS) is 9.00. The van der Waals surface area contributed by atoms with Crippen molar-refractivity contribution in [3.63, 3.8) is 0 Å². The van der Waals surface area contributed by atoms with Crippen LogP contribution >= 0.6 is 0 Å². The average molecular weight is 337 g/mol. The predicted molar refractivity (Wildman–Crippen MR) is 59.7 cm³/mol. The molecule has 11 nitrogen and oxygen atoms in total. The quantitative estimate of drug-likeness (QED) is 0.176. The van der Waals surface area contributed by atoms with Gasteiger partial charge in [-0.25, -0.2) is 0 Å². The summed E-state index contributed by atoms with van der Waals surface area (Å²) in [6.45, 7) is 0. The molecular formula is C2H6Al5N2O9. The van der Waals surface area contributed by atoms with E-state index in [4.69, 9.17) is 15.1 Å². The van der Waals surface area contributed by atoms with E-state index in [2.05, 4.69) is 18.5 Å². The van der Waals surface area contributed by atoms with Crippen LogP contribution < -0.4 is 0 Å². The molecular weight excluding hydrogens is 331 g/mol. The van der Waals surface area contributed by atoms with E-state index in [1.54, 1.807) is 5.79 Å². The summed E-state index contributed by atoms with van der Waals surface area (Å²) >= 11 is -7.16. The first-order valence-corrected chi connectivity index (χ1v) is 10.6. The Bertz CT molecular complexity index is 223. The first kappa shape index (κ1) is 19.3. The Morgan fingerprint density at radius 2 is 1.56 bits per heavy atom. The Balaban J connectivity index is 3.53. The van der Waals surface area contributed by atoms with Crippen molar-refractivity contribution in [3.05, 3.63) is 9.81 Å². The Hall–Kier alpha value is 1.26. The second-order valence-electron chi connectivity index (χ2n) is 2.28. The Labute approximate surface area is 133 Å². The minimum atomic E-state index is -2.62. The molecule has 0 fully saturated rings. The van der Waals surface area contributed by atoms with Crippen molar-refractivity contribution in [2.75, 3.05) is 7.11 Å². The Morgan fingerprint density at radius 3 is 2.17 bits per heavy atom. The molecule has 0 N–H and O–H groups in total. The van der Waals surface area contributed by atoms with Gasteiger partial charge in [0.1, 0.15) is 10.7 Å². The van der Waals surface area contributed by atoms with E-state index in [1.165, 1.54) is 7.11 Å².